The molecule has 1 heterocycles. The standard InChI is InChI=1S/C16H20N4O5/c1-24-13-4-3-11(7-14(13)25-2)12(8-16(22)23)19-15(21)5-6-20-10-17-9-18-20/h3-4,7,9-10,12H,5-6,8H2,1-2H3,(H,19,21)(H,22,23). The number of amides is 1. The third kappa shape index (κ3) is 5.20. The summed E-state index contributed by atoms with van der Waals surface area (Å²) in [5.74, 6) is -0.307. The molecule has 0 spiro atoms. The van der Waals surface area contributed by atoms with Crippen LogP contribution in [0.2, 0.25) is 0 Å². The minimum atomic E-state index is -1.02. The molecule has 9 heteroatoms. The summed E-state index contributed by atoms with van der Waals surface area (Å²) in [6.45, 7) is 0.359. The number of aryl methyl sites for hydroxylation is 1. The van der Waals surface area contributed by atoms with Crippen LogP contribution in [0, 0.1) is 0 Å². The van der Waals surface area contributed by atoms with Crippen LogP contribution in [0.5, 0.6) is 11.5 Å². The highest BCUT2D eigenvalue weighted by Crippen LogP contribution is 2.31. The summed E-state index contributed by atoms with van der Waals surface area (Å²) in [6, 6.07) is 4.35. The Kier molecular flexibility index (Phi) is 6.33. The number of nitrogens with zero attached hydrogens (tertiary/aromatic N) is 3. The average molecular weight is 348 g/mol. The van der Waals surface area contributed by atoms with Crippen LogP contribution in [0.1, 0.15) is 24.4 Å². The molecule has 1 atom stereocenters. The zero-order valence-electron chi connectivity index (χ0n) is 14.0. The van der Waals surface area contributed by atoms with E-state index in [9.17, 15) is 9.59 Å². The van der Waals surface area contributed by atoms with Gasteiger partial charge in [0.25, 0.3) is 0 Å². The number of benzene rings is 1. The number of methoxy groups -OCH3 is 2. The third-order valence-electron chi connectivity index (χ3n) is 3.56. The maximum atomic E-state index is 12.2. The Bertz CT molecular complexity index is 717. The van der Waals surface area contributed by atoms with E-state index in [1.165, 1.54) is 31.6 Å². The molecule has 134 valence electrons. The first-order chi connectivity index (χ1) is 12.0. The number of carbonyl (C=O) groups excluding carboxylic acids is 1. The molecule has 0 saturated heterocycles. The molecule has 0 radical (unpaired) electrons. The molecule has 0 fully saturated rings. The first-order valence-corrected chi connectivity index (χ1v) is 7.59. The number of rotatable bonds is 9. The lowest BCUT2D eigenvalue weighted by Gasteiger charge is -2.19. The molecule has 2 rings (SSSR count). The zero-order valence-corrected chi connectivity index (χ0v) is 14.0. The Morgan fingerprint density at radius 2 is 2.04 bits per heavy atom. The molecule has 2 N–H and O–H groups in total. The van der Waals surface area contributed by atoms with Gasteiger partial charge in [-0.05, 0) is 17.7 Å². The van der Waals surface area contributed by atoms with E-state index in [1.807, 2.05) is 0 Å². The van der Waals surface area contributed by atoms with Crippen molar-refractivity contribution in [1.82, 2.24) is 20.1 Å². The summed E-state index contributed by atoms with van der Waals surface area (Å²) in [4.78, 5) is 27.1. The number of aromatic nitrogens is 3. The van der Waals surface area contributed by atoms with E-state index in [1.54, 1.807) is 18.2 Å². The van der Waals surface area contributed by atoms with E-state index < -0.39 is 12.0 Å². The minimum Gasteiger partial charge on any atom is -0.493 e. The summed E-state index contributed by atoms with van der Waals surface area (Å²) >= 11 is 0. The highest BCUT2D eigenvalue weighted by atomic mass is 16.5. The van der Waals surface area contributed by atoms with Crippen LogP contribution in [-0.2, 0) is 16.1 Å². The quantitative estimate of drug-likeness (QED) is 0.695. The second-order valence-electron chi connectivity index (χ2n) is 5.24. The van der Waals surface area contributed by atoms with E-state index >= 15 is 0 Å². The van der Waals surface area contributed by atoms with Gasteiger partial charge in [0.15, 0.2) is 11.5 Å². The molecule has 1 aromatic carbocycles. The predicted octanol–water partition coefficient (Wildman–Crippen LogP) is 1.02. The lowest BCUT2D eigenvalue weighted by Crippen LogP contribution is -2.30. The Morgan fingerprint density at radius 3 is 2.64 bits per heavy atom. The SMILES string of the molecule is COc1ccc(C(CC(=O)O)NC(=O)CCn2cncn2)cc1OC. The van der Waals surface area contributed by atoms with Gasteiger partial charge in [-0.1, -0.05) is 6.07 Å². The smallest absolute Gasteiger partial charge is 0.305 e. The maximum absolute atomic E-state index is 12.2. The number of hydrogen-bond acceptors (Lipinski definition) is 6. The summed E-state index contributed by atoms with van der Waals surface area (Å²) in [5.41, 5.74) is 0.620. The zero-order chi connectivity index (χ0) is 18.2. The second-order valence-corrected chi connectivity index (χ2v) is 5.24. The van der Waals surface area contributed by atoms with Gasteiger partial charge in [-0.15, -0.1) is 0 Å². The van der Waals surface area contributed by atoms with E-state index in [-0.39, 0.29) is 18.7 Å². The topological polar surface area (TPSA) is 116 Å². The highest BCUT2D eigenvalue weighted by Gasteiger charge is 2.20. The van der Waals surface area contributed by atoms with Gasteiger partial charge < -0.3 is 19.9 Å². The molecule has 25 heavy (non-hydrogen) atoms. The van der Waals surface area contributed by atoms with Crippen molar-refractivity contribution in [3.05, 3.63) is 36.4 Å². The van der Waals surface area contributed by atoms with Gasteiger partial charge in [-0.3, -0.25) is 14.3 Å². The van der Waals surface area contributed by atoms with Gasteiger partial charge in [0.1, 0.15) is 12.7 Å². The lowest BCUT2D eigenvalue weighted by molar-refractivity contribution is -0.137. The molecule has 0 aliphatic heterocycles. The number of carbonyl (C=O) groups is 2. The predicted molar refractivity (Wildman–Crippen MR) is 87.3 cm³/mol. The van der Waals surface area contributed by atoms with Crippen LogP contribution in [0.3, 0.4) is 0 Å². The molecule has 0 saturated carbocycles. The summed E-state index contributed by atoms with van der Waals surface area (Å²) in [6.07, 6.45) is 2.81. The van der Waals surface area contributed by atoms with Crippen LogP contribution < -0.4 is 14.8 Å². The van der Waals surface area contributed by atoms with Gasteiger partial charge in [-0.2, -0.15) is 5.10 Å². The molecular weight excluding hydrogens is 328 g/mol. The molecule has 1 amide bonds. The Labute approximate surface area is 144 Å². The van der Waals surface area contributed by atoms with Crippen molar-refractivity contribution in [2.24, 2.45) is 0 Å². The van der Waals surface area contributed by atoms with Crippen LogP contribution in [0.25, 0.3) is 0 Å². The average Bonchev–Trinajstić information content (AvgIpc) is 3.12. The maximum Gasteiger partial charge on any atom is 0.305 e. The van der Waals surface area contributed by atoms with Crippen molar-refractivity contribution in [1.29, 1.82) is 0 Å². The first kappa shape index (κ1) is 18.2. The molecule has 1 unspecified atom stereocenters. The van der Waals surface area contributed by atoms with Gasteiger partial charge in [0.05, 0.1) is 33.2 Å². The van der Waals surface area contributed by atoms with Crippen LogP contribution in [0.4, 0.5) is 0 Å². The highest BCUT2D eigenvalue weighted by molar-refractivity contribution is 5.77. The first-order valence-electron chi connectivity index (χ1n) is 7.59. The van der Waals surface area contributed by atoms with Crippen molar-refractivity contribution in [3.8, 4) is 11.5 Å². The number of nitrogens with one attached hydrogen (secondary N) is 1. The summed E-state index contributed by atoms with van der Waals surface area (Å²) < 4.78 is 11.9. The number of carboxylic acids is 1. The lowest BCUT2D eigenvalue weighted by atomic mass is 10.0. The Morgan fingerprint density at radius 1 is 1.28 bits per heavy atom. The molecular formula is C16H20N4O5. The number of aliphatic carboxylic acids is 1. The van der Waals surface area contributed by atoms with Crippen molar-refractivity contribution >= 4 is 11.9 Å². The fourth-order valence-corrected chi connectivity index (χ4v) is 2.33. The van der Waals surface area contributed by atoms with E-state index in [0.29, 0.717) is 23.6 Å². The number of carboxylic acid groups (broad SMARTS) is 1. The Hall–Kier alpha value is -3.10. The molecule has 2 aromatic rings. The second kappa shape index (κ2) is 8.67. The largest absolute Gasteiger partial charge is 0.493 e. The fraction of sp³-hybridized carbons (Fsp3) is 0.375. The number of ether oxygens (including phenoxy) is 2. The molecule has 1 aromatic heterocycles. The van der Waals surface area contributed by atoms with Gasteiger partial charge in [-0.25, -0.2) is 4.98 Å². The van der Waals surface area contributed by atoms with Gasteiger partial charge in [0.2, 0.25) is 5.91 Å². The summed E-state index contributed by atoms with van der Waals surface area (Å²) in [7, 11) is 3.00. The summed E-state index contributed by atoms with van der Waals surface area (Å²) in [5, 5.41) is 15.8. The van der Waals surface area contributed by atoms with E-state index in [2.05, 4.69) is 15.4 Å². The van der Waals surface area contributed by atoms with Gasteiger partial charge >= 0.3 is 5.97 Å². The fourth-order valence-electron chi connectivity index (χ4n) is 2.33. The molecule has 0 aliphatic rings. The van der Waals surface area contributed by atoms with E-state index in [0.717, 1.165) is 0 Å². The van der Waals surface area contributed by atoms with Crippen molar-refractivity contribution in [2.45, 2.75) is 25.4 Å². The number of hydrogen-bond donors (Lipinski definition) is 2. The molecule has 0 aliphatic carbocycles. The van der Waals surface area contributed by atoms with Crippen LogP contribution in [-0.4, -0.2) is 46.0 Å². The molecule has 0 bridgehead atoms. The van der Waals surface area contributed by atoms with Gasteiger partial charge in [0, 0.05) is 6.42 Å². The minimum absolute atomic E-state index is 0.159. The Balaban J connectivity index is 2.09. The van der Waals surface area contributed by atoms with Crippen LogP contribution >= 0.6 is 0 Å². The van der Waals surface area contributed by atoms with Crippen molar-refractivity contribution < 1.29 is 24.2 Å². The van der Waals surface area contributed by atoms with Crippen molar-refractivity contribution in [3.63, 3.8) is 0 Å². The van der Waals surface area contributed by atoms with Crippen molar-refractivity contribution in [2.75, 3.05) is 14.2 Å². The van der Waals surface area contributed by atoms with Crippen LogP contribution in [0.15, 0.2) is 30.9 Å². The molecule has 9 nitrogen and oxygen atoms in total. The third-order valence-corrected chi connectivity index (χ3v) is 3.56. The van der Waals surface area contributed by atoms with E-state index in [4.69, 9.17) is 14.6 Å². The normalized spacial score (nSPS) is 11.6. The monoisotopic (exact) mass is 348 g/mol.